The number of aryl methyl sites for hydroxylation is 1. The molecule has 0 N–H and O–H groups in total. The van der Waals surface area contributed by atoms with Gasteiger partial charge in [-0.15, -0.1) is 0 Å². The highest BCUT2D eigenvalue weighted by molar-refractivity contribution is 5.51. The average molecular weight is 324 g/mol. The Hall–Kier alpha value is -2.54. The van der Waals surface area contributed by atoms with Gasteiger partial charge in [0.05, 0.1) is 17.3 Å². The Morgan fingerprint density at radius 2 is 1.88 bits per heavy atom. The number of ether oxygens (including phenoxy) is 1. The first-order valence-corrected chi connectivity index (χ1v) is 8.40. The lowest BCUT2D eigenvalue weighted by atomic mass is 10.1. The Morgan fingerprint density at radius 3 is 2.46 bits per heavy atom. The molecular weight excluding hydrogens is 303 g/mol. The first-order chi connectivity index (χ1) is 11.7. The topological polar surface area (TPSA) is 36.3 Å². The summed E-state index contributed by atoms with van der Waals surface area (Å²) in [7, 11) is 0. The lowest BCUT2D eigenvalue weighted by Crippen LogP contribution is -2.38. The number of hydrogen-bond acceptors (Lipinski definition) is 3. The highest BCUT2D eigenvalue weighted by Gasteiger charge is 2.22. The van der Waals surface area contributed by atoms with Crippen LogP contribution in [0.25, 0.3) is 0 Å². The van der Waals surface area contributed by atoms with Crippen molar-refractivity contribution in [2.45, 2.75) is 32.3 Å². The molecule has 1 saturated heterocycles. The minimum Gasteiger partial charge on any atom is -0.490 e. The monoisotopic (exact) mass is 324 g/mol. The van der Waals surface area contributed by atoms with Crippen molar-refractivity contribution in [3.63, 3.8) is 0 Å². The number of hydrogen-bond donors (Lipinski definition) is 0. The lowest BCUT2D eigenvalue weighted by molar-refractivity contribution is 0.170. The Bertz CT molecular complexity index is 728. The van der Waals surface area contributed by atoms with Crippen molar-refractivity contribution < 1.29 is 9.13 Å². The number of halogens is 1. The van der Waals surface area contributed by atoms with Crippen LogP contribution < -0.4 is 9.64 Å². The number of nitriles is 1. The van der Waals surface area contributed by atoms with Crippen LogP contribution in [-0.4, -0.2) is 19.2 Å². The van der Waals surface area contributed by atoms with E-state index in [4.69, 9.17) is 10.00 Å². The summed E-state index contributed by atoms with van der Waals surface area (Å²) in [6, 6.07) is 14.8. The van der Waals surface area contributed by atoms with Gasteiger partial charge in [0, 0.05) is 25.9 Å². The molecule has 0 bridgehead atoms. The molecule has 2 aromatic carbocycles. The zero-order valence-electron chi connectivity index (χ0n) is 13.8. The molecule has 0 aromatic heterocycles. The molecule has 1 heterocycles. The van der Waals surface area contributed by atoms with E-state index in [1.54, 1.807) is 12.1 Å². The molecule has 0 aliphatic carbocycles. The van der Waals surface area contributed by atoms with E-state index in [0.717, 1.165) is 38.1 Å². The Balaban J connectivity index is 1.58. The third kappa shape index (κ3) is 3.68. The van der Waals surface area contributed by atoms with Gasteiger partial charge >= 0.3 is 0 Å². The molecule has 3 nitrogen and oxygen atoms in total. The largest absolute Gasteiger partial charge is 0.490 e. The first kappa shape index (κ1) is 16.3. The molecule has 1 fully saturated rings. The quantitative estimate of drug-likeness (QED) is 0.841. The summed E-state index contributed by atoms with van der Waals surface area (Å²) in [6.45, 7) is 3.63. The van der Waals surface area contributed by atoms with Crippen LogP contribution in [0.3, 0.4) is 0 Å². The summed E-state index contributed by atoms with van der Waals surface area (Å²) in [4.78, 5) is 2.02. The van der Waals surface area contributed by atoms with E-state index in [1.165, 1.54) is 11.6 Å². The minimum atomic E-state index is -0.330. The van der Waals surface area contributed by atoms with Crippen LogP contribution in [0.4, 0.5) is 10.1 Å². The van der Waals surface area contributed by atoms with Crippen LogP contribution in [0, 0.1) is 17.1 Å². The molecule has 0 atom stereocenters. The molecule has 2 aromatic rings. The van der Waals surface area contributed by atoms with E-state index in [0.29, 0.717) is 11.3 Å². The molecule has 0 saturated carbocycles. The van der Waals surface area contributed by atoms with Crippen LogP contribution >= 0.6 is 0 Å². The molecule has 24 heavy (non-hydrogen) atoms. The SMILES string of the molecule is CCc1ccc(OC2CCN(c3ccc(C#N)cc3F)CC2)cc1. The third-order valence-electron chi connectivity index (χ3n) is 4.49. The van der Waals surface area contributed by atoms with Crippen LogP contribution in [0.15, 0.2) is 42.5 Å². The van der Waals surface area contributed by atoms with Gasteiger partial charge in [-0.2, -0.15) is 5.26 Å². The summed E-state index contributed by atoms with van der Waals surface area (Å²) in [5.74, 6) is 0.568. The number of benzene rings is 2. The molecule has 4 heteroatoms. The predicted octanol–water partition coefficient (Wildman–Crippen LogP) is 4.31. The van der Waals surface area contributed by atoms with Crippen LogP contribution in [-0.2, 0) is 6.42 Å². The standard InChI is InChI=1S/C20H21FN2O/c1-2-15-3-6-17(7-4-15)24-18-9-11-23(12-10-18)20-8-5-16(14-22)13-19(20)21/h3-8,13,18H,2,9-12H2,1H3. The van der Waals surface area contributed by atoms with Gasteiger partial charge in [0.2, 0.25) is 0 Å². The van der Waals surface area contributed by atoms with Crippen molar-refractivity contribution in [3.05, 3.63) is 59.4 Å². The molecule has 0 spiro atoms. The van der Waals surface area contributed by atoms with E-state index in [-0.39, 0.29) is 11.9 Å². The van der Waals surface area contributed by atoms with E-state index >= 15 is 0 Å². The number of piperidine rings is 1. The fourth-order valence-electron chi connectivity index (χ4n) is 3.04. The van der Waals surface area contributed by atoms with E-state index in [9.17, 15) is 4.39 Å². The highest BCUT2D eigenvalue weighted by atomic mass is 19.1. The van der Waals surface area contributed by atoms with Crippen LogP contribution in [0.2, 0.25) is 0 Å². The van der Waals surface area contributed by atoms with Crippen molar-refractivity contribution in [3.8, 4) is 11.8 Å². The normalized spacial score (nSPS) is 15.1. The summed E-state index contributed by atoms with van der Waals surface area (Å²) < 4.78 is 20.2. The van der Waals surface area contributed by atoms with Gasteiger partial charge in [-0.1, -0.05) is 19.1 Å². The van der Waals surface area contributed by atoms with Crippen molar-refractivity contribution in [1.82, 2.24) is 0 Å². The summed E-state index contributed by atoms with van der Waals surface area (Å²) >= 11 is 0. The van der Waals surface area contributed by atoms with E-state index < -0.39 is 0 Å². The molecule has 1 aliphatic rings. The molecule has 3 rings (SSSR count). The van der Waals surface area contributed by atoms with Gasteiger partial charge in [-0.3, -0.25) is 0 Å². The zero-order chi connectivity index (χ0) is 16.9. The number of anilines is 1. The number of rotatable bonds is 4. The van der Waals surface area contributed by atoms with Gasteiger partial charge in [0.25, 0.3) is 0 Å². The number of nitrogens with zero attached hydrogens (tertiary/aromatic N) is 2. The maximum atomic E-state index is 14.1. The van der Waals surface area contributed by atoms with Crippen molar-refractivity contribution in [2.24, 2.45) is 0 Å². The Kier molecular flexibility index (Phi) is 5.00. The van der Waals surface area contributed by atoms with Gasteiger partial charge in [-0.25, -0.2) is 4.39 Å². The summed E-state index contributed by atoms with van der Waals surface area (Å²) in [5, 5.41) is 8.82. The zero-order valence-corrected chi connectivity index (χ0v) is 13.8. The van der Waals surface area contributed by atoms with Crippen molar-refractivity contribution in [2.75, 3.05) is 18.0 Å². The van der Waals surface area contributed by atoms with Gasteiger partial charge in [0.15, 0.2) is 0 Å². The van der Waals surface area contributed by atoms with Crippen molar-refractivity contribution in [1.29, 1.82) is 5.26 Å². The maximum Gasteiger partial charge on any atom is 0.147 e. The third-order valence-corrected chi connectivity index (χ3v) is 4.49. The van der Waals surface area contributed by atoms with E-state index in [1.807, 2.05) is 23.1 Å². The molecule has 0 unspecified atom stereocenters. The minimum absolute atomic E-state index is 0.162. The highest BCUT2D eigenvalue weighted by Crippen LogP contribution is 2.26. The Morgan fingerprint density at radius 1 is 1.17 bits per heavy atom. The Labute approximate surface area is 142 Å². The fourth-order valence-corrected chi connectivity index (χ4v) is 3.04. The van der Waals surface area contributed by atoms with Gasteiger partial charge in [0.1, 0.15) is 17.7 Å². The van der Waals surface area contributed by atoms with Crippen LogP contribution in [0.5, 0.6) is 5.75 Å². The molecule has 1 aliphatic heterocycles. The van der Waals surface area contributed by atoms with E-state index in [2.05, 4.69) is 19.1 Å². The fraction of sp³-hybridized carbons (Fsp3) is 0.350. The second-order valence-electron chi connectivity index (χ2n) is 6.08. The second kappa shape index (κ2) is 7.35. The summed E-state index contributed by atoms with van der Waals surface area (Å²) in [5.41, 5.74) is 2.22. The second-order valence-corrected chi connectivity index (χ2v) is 6.08. The maximum absolute atomic E-state index is 14.1. The van der Waals surface area contributed by atoms with Crippen LogP contribution in [0.1, 0.15) is 30.9 Å². The van der Waals surface area contributed by atoms with Crippen molar-refractivity contribution >= 4 is 5.69 Å². The van der Waals surface area contributed by atoms with Gasteiger partial charge in [-0.05, 0) is 42.3 Å². The molecule has 0 amide bonds. The smallest absolute Gasteiger partial charge is 0.147 e. The average Bonchev–Trinajstić information content (AvgIpc) is 2.63. The lowest BCUT2D eigenvalue weighted by Gasteiger charge is -2.34. The molecular formula is C20H21FN2O. The molecule has 0 radical (unpaired) electrons. The summed E-state index contributed by atoms with van der Waals surface area (Å²) in [6.07, 6.45) is 2.90. The first-order valence-electron chi connectivity index (χ1n) is 8.40. The predicted molar refractivity (Wildman–Crippen MR) is 92.8 cm³/mol. The molecule has 124 valence electrons. The van der Waals surface area contributed by atoms with Gasteiger partial charge < -0.3 is 9.64 Å².